The molecule has 6 rings (SSSR count). The molecule has 0 aliphatic heterocycles. The lowest BCUT2D eigenvalue weighted by Crippen LogP contribution is -2.57. The maximum absolute atomic E-state index is 13.4. The minimum atomic E-state index is -4.38. The second-order valence-electron chi connectivity index (χ2n) is 13.1. The van der Waals surface area contributed by atoms with Crippen molar-refractivity contribution in [2.24, 2.45) is 51.8 Å². The Balaban J connectivity index is 1.24. The van der Waals surface area contributed by atoms with E-state index in [4.69, 9.17) is 4.74 Å². The maximum atomic E-state index is 13.4. The Kier molecular flexibility index (Phi) is 5.36. The number of aromatic nitrogens is 1. The summed E-state index contributed by atoms with van der Waals surface area (Å²) in [5, 5.41) is 0. The van der Waals surface area contributed by atoms with Crippen LogP contribution in [0, 0.1) is 51.8 Å². The lowest BCUT2D eigenvalue weighted by molar-refractivity contribution is -0.160. The van der Waals surface area contributed by atoms with Gasteiger partial charge in [0.2, 0.25) is 0 Å². The third-order valence-corrected chi connectivity index (χ3v) is 12.2. The van der Waals surface area contributed by atoms with Crippen LogP contribution in [0.1, 0.15) is 83.4 Å². The normalized spacial score (nSPS) is 47.2. The second kappa shape index (κ2) is 7.82. The van der Waals surface area contributed by atoms with E-state index in [1.165, 1.54) is 63.6 Å². The van der Waals surface area contributed by atoms with Crippen LogP contribution < -0.4 is 0 Å². The maximum Gasteiger partial charge on any atom is 0.418 e. The minimum absolute atomic E-state index is 0.0314. The van der Waals surface area contributed by atoms with Crippen LogP contribution in [0.15, 0.2) is 24.4 Å². The first-order valence-electron chi connectivity index (χ1n) is 13.8. The molecule has 0 bridgehead atoms. The van der Waals surface area contributed by atoms with E-state index < -0.39 is 11.7 Å². The molecule has 5 saturated carbocycles. The smallest absolute Gasteiger partial charge is 0.381 e. The molecular formula is C30H40F3NO. The molecule has 0 aromatic carbocycles. The van der Waals surface area contributed by atoms with Gasteiger partial charge < -0.3 is 4.74 Å². The van der Waals surface area contributed by atoms with E-state index in [0.717, 1.165) is 23.8 Å². The fraction of sp³-hybridized carbons (Fsp3) is 0.767. The van der Waals surface area contributed by atoms with Crippen molar-refractivity contribution in [1.29, 1.82) is 0 Å². The zero-order valence-corrected chi connectivity index (χ0v) is 21.6. The highest BCUT2D eigenvalue weighted by Crippen LogP contribution is 2.82. The van der Waals surface area contributed by atoms with Gasteiger partial charge in [-0.1, -0.05) is 26.8 Å². The number of pyridine rings is 1. The number of hydrogen-bond donors (Lipinski definition) is 0. The van der Waals surface area contributed by atoms with Crippen LogP contribution in [-0.2, 0) is 10.9 Å². The highest BCUT2D eigenvalue weighted by atomic mass is 19.4. The monoisotopic (exact) mass is 487 g/mol. The molecule has 5 aliphatic carbocycles. The third-order valence-electron chi connectivity index (χ3n) is 12.2. The first-order valence-corrected chi connectivity index (χ1v) is 13.8. The van der Waals surface area contributed by atoms with Crippen LogP contribution in [-0.4, -0.2) is 18.2 Å². The van der Waals surface area contributed by atoms with E-state index in [1.54, 1.807) is 6.08 Å². The average Bonchev–Trinajstić information content (AvgIpc) is 3.33. The summed E-state index contributed by atoms with van der Waals surface area (Å²) in [6.45, 7) is 7.31. The Hall–Kier alpha value is -1.36. The Morgan fingerprint density at radius 2 is 1.91 bits per heavy atom. The fourth-order valence-corrected chi connectivity index (χ4v) is 10.6. The molecular weight excluding hydrogens is 447 g/mol. The topological polar surface area (TPSA) is 22.1 Å². The zero-order chi connectivity index (χ0) is 24.8. The van der Waals surface area contributed by atoms with E-state index >= 15 is 0 Å². The van der Waals surface area contributed by atoms with E-state index in [1.807, 2.05) is 13.2 Å². The molecule has 0 amide bonds. The highest BCUT2D eigenvalue weighted by molar-refractivity contribution is 5.50. The Bertz CT molecular complexity index is 1020. The van der Waals surface area contributed by atoms with E-state index in [2.05, 4.69) is 25.8 Å². The van der Waals surface area contributed by atoms with Gasteiger partial charge in [-0.2, -0.15) is 13.2 Å². The van der Waals surface area contributed by atoms with Crippen LogP contribution in [0.5, 0.6) is 0 Å². The quantitative estimate of drug-likeness (QED) is 0.429. The van der Waals surface area contributed by atoms with Crippen molar-refractivity contribution in [2.75, 3.05) is 7.11 Å². The number of alkyl halides is 3. The van der Waals surface area contributed by atoms with Gasteiger partial charge in [0.1, 0.15) is 0 Å². The molecule has 1 heterocycles. The summed E-state index contributed by atoms with van der Waals surface area (Å²) in [7, 11) is 1.94. The van der Waals surface area contributed by atoms with Crippen molar-refractivity contribution in [3.63, 3.8) is 0 Å². The van der Waals surface area contributed by atoms with Crippen LogP contribution >= 0.6 is 0 Å². The van der Waals surface area contributed by atoms with Crippen LogP contribution in [0.25, 0.3) is 6.08 Å². The summed E-state index contributed by atoms with van der Waals surface area (Å²) in [6.07, 6.45) is 11.4. The molecule has 0 radical (unpaired) electrons. The highest BCUT2D eigenvalue weighted by Gasteiger charge is 2.77. The molecule has 0 saturated heterocycles. The average molecular weight is 488 g/mol. The van der Waals surface area contributed by atoms with E-state index in [0.29, 0.717) is 28.8 Å². The van der Waals surface area contributed by atoms with Crippen molar-refractivity contribution in [3.05, 3.63) is 35.7 Å². The Labute approximate surface area is 208 Å². The van der Waals surface area contributed by atoms with Crippen LogP contribution in [0.4, 0.5) is 13.2 Å². The fourth-order valence-electron chi connectivity index (χ4n) is 10.6. The minimum Gasteiger partial charge on any atom is -0.381 e. The molecule has 5 aliphatic rings. The molecule has 5 fully saturated rings. The number of halogens is 3. The first kappa shape index (κ1) is 24.0. The molecule has 2 nitrogen and oxygen atoms in total. The molecule has 2 unspecified atom stereocenters. The Morgan fingerprint density at radius 1 is 1.11 bits per heavy atom. The number of ether oxygens (including phenoxy) is 1. The lowest BCUT2D eigenvalue weighted by atomic mass is 9.45. The summed E-state index contributed by atoms with van der Waals surface area (Å²) >= 11 is 0. The zero-order valence-electron chi connectivity index (χ0n) is 21.6. The predicted octanol–water partition coefficient (Wildman–Crippen LogP) is 8.03. The summed E-state index contributed by atoms with van der Waals surface area (Å²) in [6, 6.07) is 2.49. The number of rotatable bonds is 4. The largest absolute Gasteiger partial charge is 0.418 e. The van der Waals surface area contributed by atoms with Gasteiger partial charge in [-0.3, -0.25) is 4.98 Å². The van der Waals surface area contributed by atoms with E-state index in [-0.39, 0.29) is 17.0 Å². The lowest BCUT2D eigenvalue weighted by Gasteiger charge is -2.61. The summed E-state index contributed by atoms with van der Waals surface area (Å²) in [5.41, 5.74) is 0.513. The van der Waals surface area contributed by atoms with Crippen LogP contribution in [0.2, 0.25) is 0 Å². The van der Waals surface area contributed by atoms with Crippen molar-refractivity contribution in [2.45, 2.75) is 84.4 Å². The van der Waals surface area contributed by atoms with Gasteiger partial charge in [0.15, 0.2) is 0 Å². The number of hydrogen-bond acceptors (Lipinski definition) is 2. The number of nitrogens with zero attached hydrogens (tertiary/aromatic N) is 1. The second-order valence-corrected chi connectivity index (χ2v) is 13.1. The van der Waals surface area contributed by atoms with Gasteiger partial charge in [-0.25, -0.2) is 0 Å². The molecule has 1 spiro atoms. The number of allylic oxidation sites excluding steroid dienone is 1. The van der Waals surface area contributed by atoms with Gasteiger partial charge in [0, 0.05) is 18.7 Å². The number of methoxy groups -OCH3 is 1. The molecule has 192 valence electrons. The molecule has 5 heteroatoms. The summed E-state index contributed by atoms with van der Waals surface area (Å²) in [4.78, 5) is 4.04. The number of fused-ring (bicyclic) bond motifs is 4. The van der Waals surface area contributed by atoms with Gasteiger partial charge in [-0.05, 0) is 116 Å². The van der Waals surface area contributed by atoms with Gasteiger partial charge in [0.25, 0.3) is 0 Å². The molecule has 35 heavy (non-hydrogen) atoms. The molecule has 0 N–H and O–H groups in total. The SMILES string of the molecule is COC1C[C@H]2[C@@H]3CC[C@H]([C@H](C)/C=C/c4ncccc4C(F)(F)F)[C@@]3(C)CC[C@@H]2[C@@]2(C)CC[C@@H]3CC132. The molecule has 1 aromatic heterocycles. The van der Waals surface area contributed by atoms with Crippen molar-refractivity contribution in [1.82, 2.24) is 4.98 Å². The standard InChI is InChI=1S/C30H40F3NO/c1-18(7-10-25-24(30(31,32)33)6-5-15-34-25)21-8-9-22-20-16-26(35-4)29-17-19(29)11-14-28(29,3)23(20)12-13-27(21,22)2/h5-7,10,15,18-23,26H,8-9,11-14,16-17H2,1-4H3/b10-7+/t18-,19-,20+,21-,22+,23+,26?,27-,28-,29?/m1/s1. The van der Waals surface area contributed by atoms with Gasteiger partial charge in [-0.15, -0.1) is 0 Å². The van der Waals surface area contributed by atoms with Crippen molar-refractivity contribution < 1.29 is 17.9 Å². The van der Waals surface area contributed by atoms with E-state index in [9.17, 15) is 13.2 Å². The molecule has 1 aromatic rings. The van der Waals surface area contributed by atoms with Crippen LogP contribution in [0.3, 0.4) is 0 Å². The van der Waals surface area contributed by atoms with Crippen molar-refractivity contribution >= 4 is 6.08 Å². The Morgan fingerprint density at radius 3 is 2.63 bits per heavy atom. The predicted molar refractivity (Wildman–Crippen MR) is 131 cm³/mol. The summed E-state index contributed by atoms with van der Waals surface area (Å²) < 4.78 is 46.6. The van der Waals surface area contributed by atoms with Gasteiger partial charge in [0.05, 0.1) is 17.4 Å². The summed E-state index contributed by atoms with van der Waals surface area (Å²) in [5.74, 6) is 3.86. The van der Waals surface area contributed by atoms with Gasteiger partial charge >= 0.3 is 6.18 Å². The third kappa shape index (κ3) is 3.21. The molecule has 10 atom stereocenters. The first-order chi connectivity index (χ1) is 16.6. The van der Waals surface area contributed by atoms with Crippen molar-refractivity contribution in [3.8, 4) is 0 Å².